The molecule has 1 aromatic carbocycles. The van der Waals surface area contributed by atoms with Crippen LogP contribution in [0.3, 0.4) is 0 Å². The number of benzene rings is 1. The molecule has 0 unspecified atom stereocenters. The highest BCUT2D eigenvalue weighted by atomic mass is 32.1. The van der Waals surface area contributed by atoms with E-state index in [4.69, 9.17) is 4.74 Å². The number of thiophene rings is 1. The van der Waals surface area contributed by atoms with Crippen LogP contribution in [0.2, 0.25) is 0 Å². The van der Waals surface area contributed by atoms with Gasteiger partial charge in [0, 0.05) is 53.4 Å². The van der Waals surface area contributed by atoms with E-state index in [9.17, 15) is 0 Å². The molecule has 1 fully saturated rings. The van der Waals surface area contributed by atoms with Crippen molar-refractivity contribution in [3.05, 3.63) is 41.9 Å². The summed E-state index contributed by atoms with van der Waals surface area (Å²) in [5.41, 5.74) is 1.10. The molecule has 0 atom stereocenters. The summed E-state index contributed by atoms with van der Waals surface area (Å²) in [6.07, 6.45) is 1.83. The molecule has 3 aromatic rings. The van der Waals surface area contributed by atoms with Crippen LogP contribution in [0.15, 0.2) is 41.9 Å². The minimum absolute atomic E-state index is 0.781. The fraction of sp³-hybridized carbons (Fsp3) is 0.333. The van der Waals surface area contributed by atoms with Crippen molar-refractivity contribution in [3.63, 3.8) is 0 Å². The molecule has 3 heterocycles. The van der Waals surface area contributed by atoms with Gasteiger partial charge in [-0.05, 0) is 12.1 Å². The molecule has 2 aromatic heterocycles. The van der Waals surface area contributed by atoms with E-state index in [2.05, 4.69) is 49.8 Å². The van der Waals surface area contributed by atoms with Gasteiger partial charge in [0.1, 0.15) is 5.82 Å². The van der Waals surface area contributed by atoms with Gasteiger partial charge < -0.3 is 10.1 Å². The van der Waals surface area contributed by atoms with Crippen molar-refractivity contribution in [1.29, 1.82) is 0 Å². The van der Waals surface area contributed by atoms with E-state index in [0.29, 0.717) is 0 Å². The number of anilines is 1. The molecule has 1 aliphatic heterocycles. The van der Waals surface area contributed by atoms with E-state index < -0.39 is 0 Å². The van der Waals surface area contributed by atoms with Crippen LogP contribution in [0.5, 0.6) is 0 Å². The number of nitrogens with one attached hydrogen (secondary N) is 1. The molecular formula is C18H20N4OS. The van der Waals surface area contributed by atoms with Crippen LogP contribution < -0.4 is 5.32 Å². The second-order valence-electron chi connectivity index (χ2n) is 5.79. The highest BCUT2D eigenvalue weighted by molar-refractivity contribution is 7.17. The second kappa shape index (κ2) is 7.25. The van der Waals surface area contributed by atoms with Gasteiger partial charge >= 0.3 is 0 Å². The maximum atomic E-state index is 5.37. The van der Waals surface area contributed by atoms with Gasteiger partial charge in [-0.1, -0.05) is 18.2 Å². The van der Waals surface area contributed by atoms with E-state index in [1.807, 2.05) is 12.3 Å². The molecule has 0 spiro atoms. The summed E-state index contributed by atoms with van der Waals surface area (Å²) >= 11 is 1.73. The number of hydrogen-bond acceptors (Lipinski definition) is 6. The van der Waals surface area contributed by atoms with Gasteiger partial charge in [0.15, 0.2) is 5.82 Å². The topological polar surface area (TPSA) is 50.3 Å². The van der Waals surface area contributed by atoms with Crippen LogP contribution in [0, 0.1) is 0 Å². The normalized spacial score (nSPS) is 15.7. The molecule has 24 heavy (non-hydrogen) atoms. The largest absolute Gasteiger partial charge is 0.379 e. The van der Waals surface area contributed by atoms with Crippen LogP contribution in [0.1, 0.15) is 0 Å². The average Bonchev–Trinajstić information content (AvgIpc) is 3.07. The van der Waals surface area contributed by atoms with Crippen LogP contribution >= 0.6 is 11.3 Å². The van der Waals surface area contributed by atoms with Crippen LogP contribution in [0.25, 0.3) is 21.5 Å². The molecule has 6 heteroatoms. The number of rotatable bonds is 5. The Morgan fingerprint density at radius 2 is 2.04 bits per heavy atom. The first-order valence-electron chi connectivity index (χ1n) is 8.24. The highest BCUT2D eigenvalue weighted by Gasteiger charge is 2.11. The third-order valence-corrected chi connectivity index (χ3v) is 5.18. The lowest BCUT2D eigenvalue weighted by molar-refractivity contribution is 0.0398. The third-order valence-electron chi connectivity index (χ3n) is 4.22. The molecule has 1 saturated heterocycles. The van der Waals surface area contributed by atoms with E-state index in [1.165, 1.54) is 10.1 Å². The smallest absolute Gasteiger partial charge is 0.162 e. The number of morpholine rings is 1. The van der Waals surface area contributed by atoms with Crippen LogP contribution in [-0.4, -0.2) is 54.3 Å². The van der Waals surface area contributed by atoms with Crippen molar-refractivity contribution >= 4 is 27.2 Å². The van der Waals surface area contributed by atoms with E-state index in [-0.39, 0.29) is 0 Å². The summed E-state index contributed by atoms with van der Waals surface area (Å²) in [7, 11) is 0. The molecule has 1 N–H and O–H groups in total. The Balaban J connectivity index is 1.45. The quantitative estimate of drug-likeness (QED) is 0.773. The lowest BCUT2D eigenvalue weighted by atomic mass is 10.1. The first-order chi connectivity index (χ1) is 11.9. The summed E-state index contributed by atoms with van der Waals surface area (Å²) in [5.74, 6) is 1.66. The number of aromatic nitrogens is 2. The molecule has 0 bridgehead atoms. The lowest BCUT2D eigenvalue weighted by Crippen LogP contribution is -2.39. The van der Waals surface area contributed by atoms with Gasteiger partial charge in [-0.3, -0.25) is 4.90 Å². The Hall–Kier alpha value is -2.02. The number of ether oxygens (including phenoxy) is 1. The highest BCUT2D eigenvalue weighted by Crippen LogP contribution is 2.32. The molecule has 0 saturated carbocycles. The first kappa shape index (κ1) is 15.5. The van der Waals surface area contributed by atoms with E-state index in [1.54, 1.807) is 11.3 Å². The van der Waals surface area contributed by atoms with Gasteiger partial charge in [0.2, 0.25) is 0 Å². The predicted molar refractivity (Wildman–Crippen MR) is 98.6 cm³/mol. The third kappa shape index (κ3) is 3.40. The zero-order chi connectivity index (χ0) is 16.2. The molecule has 0 aliphatic carbocycles. The Morgan fingerprint density at radius 3 is 2.96 bits per heavy atom. The SMILES string of the molecule is c1ccc2c(-c3nccc(NCCN4CCOCC4)n3)csc2c1. The van der Waals surface area contributed by atoms with E-state index in [0.717, 1.165) is 56.6 Å². The predicted octanol–water partition coefficient (Wildman–Crippen LogP) is 3.10. The van der Waals surface area contributed by atoms with Gasteiger partial charge in [-0.2, -0.15) is 0 Å². The Kier molecular flexibility index (Phi) is 4.69. The summed E-state index contributed by atoms with van der Waals surface area (Å²) in [6.45, 7) is 5.58. The standard InChI is InChI=1S/C18H20N4OS/c1-2-4-16-14(3-1)15(13-24-16)18-20-6-5-17(21-18)19-7-8-22-9-11-23-12-10-22/h1-6,13H,7-12H2,(H,19,20,21). The van der Waals surface area contributed by atoms with Crippen molar-refractivity contribution in [2.75, 3.05) is 44.7 Å². The van der Waals surface area contributed by atoms with Crippen molar-refractivity contribution in [3.8, 4) is 11.4 Å². The van der Waals surface area contributed by atoms with E-state index >= 15 is 0 Å². The summed E-state index contributed by atoms with van der Waals surface area (Å²) < 4.78 is 6.64. The molecule has 1 aliphatic rings. The fourth-order valence-electron chi connectivity index (χ4n) is 2.90. The molecule has 4 rings (SSSR count). The first-order valence-corrected chi connectivity index (χ1v) is 9.12. The van der Waals surface area contributed by atoms with Gasteiger partial charge in [-0.15, -0.1) is 11.3 Å². The van der Waals surface area contributed by atoms with Crippen LogP contribution in [0.4, 0.5) is 5.82 Å². The minimum Gasteiger partial charge on any atom is -0.379 e. The van der Waals surface area contributed by atoms with Crippen LogP contribution in [-0.2, 0) is 4.74 Å². The Morgan fingerprint density at radius 1 is 1.17 bits per heavy atom. The van der Waals surface area contributed by atoms with Crippen molar-refractivity contribution in [2.24, 2.45) is 0 Å². The minimum atomic E-state index is 0.781. The lowest BCUT2D eigenvalue weighted by Gasteiger charge is -2.26. The second-order valence-corrected chi connectivity index (χ2v) is 6.70. The molecule has 5 nitrogen and oxygen atoms in total. The molecule has 124 valence electrons. The molecule has 0 amide bonds. The zero-order valence-corrected chi connectivity index (χ0v) is 14.3. The average molecular weight is 340 g/mol. The zero-order valence-electron chi connectivity index (χ0n) is 13.4. The van der Waals surface area contributed by atoms with Gasteiger partial charge in [0.25, 0.3) is 0 Å². The maximum Gasteiger partial charge on any atom is 0.162 e. The van der Waals surface area contributed by atoms with Gasteiger partial charge in [0.05, 0.1) is 13.2 Å². The fourth-order valence-corrected chi connectivity index (χ4v) is 3.84. The van der Waals surface area contributed by atoms with Gasteiger partial charge in [-0.25, -0.2) is 9.97 Å². The summed E-state index contributed by atoms with van der Waals surface area (Å²) in [5, 5.41) is 6.76. The summed E-state index contributed by atoms with van der Waals surface area (Å²) in [6, 6.07) is 10.3. The number of nitrogens with zero attached hydrogens (tertiary/aromatic N) is 3. The Labute approximate surface area is 145 Å². The number of hydrogen-bond donors (Lipinski definition) is 1. The van der Waals surface area contributed by atoms with Crippen molar-refractivity contribution in [2.45, 2.75) is 0 Å². The summed E-state index contributed by atoms with van der Waals surface area (Å²) in [4.78, 5) is 11.6. The molecule has 0 radical (unpaired) electrons. The maximum absolute atomic E-state index is 5.37. The Bertz CT molecular complexity index is 813. The van der Waals surface area contributed by atoms with Crippen molar-refractivity contribution in [1.82, 2.24) is 14.9 Å². The van der Waals surface area contributed by atoms with Crippen molar-refractivity contribution < 1.29 is 4.74 Å². The number of fused-ring (bicyclic) bond motifs is 1. The molecular weight excluding hydrogens is 320 g/mol. The monoisotopic (exact) mass is 340 g/mol.